The minimum absolute atomic E-state index is 0.0754. The SMILES string of the molecule is CCNC(=NCc1ccc(OC)cc1OC(F)F)NC1CC=CC1. The number of methoxy groups -OCH3 is 1. The number of aliphatic imine (C=N–C) groups is 1. The van der Waals surface area contributed by atoms with Crippen LogP contribution in [0.1, 0.15) is 25.3 Å². The van der Waals surface area contributed by atoms with Crippen molar-refractivity contribution in [3.63, 3.8) is 0 Å². The fourth-order valence-electron chi connectivity index (χ4n) is 2.41. The summed E-state index contributed by atoms with van der Waals surface area (Å²) in [5.74, 6) is 1.19. The Morgan fingerprint density at radius 2 is 2.08 bits per heavy atom. The third-order valence-corrected chi connectivity index (χ3v) is 3.59. The molecule has 0 radical (unpaired) electrons. The second kappa shape index (κ2) is 9.10. The molecule has 5 nitrogen and oxygen atoms in total. The number of ether oxygens (including phenoxy) is 2. The average Bonchev–Trinajstić information content (AvgIpc) is 3.06. The summed E-state index contributed by atoms with van der Waals surface area (Å²) >= 11 is 0. The first-order valence-electron chi connectivity index (χ1n) is 7.94. The molecule has 132 valence electrons. The number of hydrogen-bond donors (Lipinski definition) is 2. The van der Waals surface area contributed by atoms with Gasteiger partial charge in [0.15, 0.2) is 5.96 Å². The first-order chi connectivity index (χ1) is 11.6. The molecule has 1 aliphatic carbocycles. The molecule has 0 amide bonds. The fourth-order valence-corrected chi connectivity index (χ4v) is 2.41. The number of nitrogens with zero attached hydrogens (tertiary/aromatic N) is 1. The van der Waals surface area contributed by atoms with E-state index in [2.05, 4.69) is 32.5 Å². The van der Waals surface area contributed by atoms with Crippen molar-refractivity contribution >= 4 is 5.96 Å². The Morgan fingerprint density at radius 1 is 1.33 bits per heavy atom. The summed E-state index contributed by atoms with van der Waals surface area (Å²) < 4.78 is 34.8. The third kappa shape index (κ3) is 5.40. The summed E-state index contributed by atoms with van der Waals surface area (Å²) in [4.78, 5) is 4.47. The van der Waals surface area contributed by atoms with Crippen LogP contribution in [-0.2, 0) is 6.54 Å². The van der Waals surface area contributed by atoms with Gasteiger partial charge in [-0.25, -0.2) is 4.99 Å². The van der Waals surface area contributed by atoms with Crippen LogP contribution in [0.25, 0.3) is 0 Å². The van der Waals surface area contributed by atoms with Gasteiger partial charge in [-0.15, -0.1) is 0 Å². The van der Waals surface area contributed by atoms with E-state index in [1.807, 2.05) is 6.92 Å². The van der Waals surface area contributed by atoms with Crippen LogP contribution in [0.2, 0.25) is 0 Å². The van der Waals surface area contributed by atoms with Crippen LogP contribution < -0.4 is 20.1 Å². The molecule has 7 heteroatoms. The molecule has 0 fully saturated rings. The Bertz CT molecular complexity index is 583. The van der Waals surface area contributed by atoms with Crippen LogP contribution in [0.15, 0.2) is 35.3 Å². The largest absolute Gasteiger partial charge is 0.497 e. The van der Waals surface area contributed by atoms with Gasteiger partial charge in [0.25, 0.3) is 0 Å². The van der Waals surface area contributed by atoms with Crippen LogP contribution in [0.4, 0.5) is 8.78 Å². The van der Waals surface area contributed by atoms with E-state index >= 15 is 0 Å². The monoisotopic (exact) mass is 339 g/mol. The molecule has 0 saturated heterocycles. The van der Waals surface area contributed by atoms with Gasteiger partial charge in [0, 0.05) is 24.2 Å². The zero-order chi connectivity index (χ0) is 17.4. The number of benzene rings is 1. The number of nitrogens with one attached hydrogen (secondary N) is 2. The molecular formula is C17H23F2N3O2. The van der Waals surface area contributed by atoms with E-state index in [1.54, 1.807) is 12.1 Å². The number of hydrogen-bond acceptors (Lipinski definition) is 3. The molecule has 0 atom stereocenters. The smallest absolute Gasteiger partial charge is 0.387 e. The highest BCUT2D eigenvalue weighted by atomic mass is 19.3. The lowest BCUT2D eigenvalue weighted by molar-refractivity contribution is -0.0505. The predicted octanol–water partition coefficient (Wildman–Crippen LogP) is 3.07. The maximum Gasteiger partial charge on any atom is 0.387 e. The molecule has 2 N–H and O–H groups in total. The molecule has 0 heterocycles. The van der Waals surface area contributed by atoms with Crippen molar-refractivity contribution in [2.24, 2.45) is 4.99 Å². The van der Waals surface area contributed by atoms with Gasteiger partial charge in [0.2, 0.25) is 0 Å². The van der Waals surface area contributed by atoms with E-state index in [4.69, 9.17) is 4.74 Å². The predicted molar refractivity (Wildman–Crippen MR) is 89.7 cm³/mol. The molecule has 0 aliphatic heterocycles. The van der Waals surface area contributed by atoms with Crippen LogP contribution >= 0.6 is 0 Å². The maximum absolute atomic E-state index is 12.6. The second-order valence-corrected chi connectivity index (χ2v) is 5.33. The van der Waals surface area contributed by atoms with E-state index in [-0.39, 0.29) is 12.3 Å². The van der Waals surface area contributed by atoms with Gasteiger partial charge in [0.1, 0.15) is 11.5 Å². The van der Waals surface area contributed by atoms with Crippen molar-refractivity contribution in [2.45, 2.75) is 39.0 Å². The molecule has 1 aromatic carbocycles. The van der Waals surface area contributed by atoms with Crippen molar-refractivity contribution in [1.29, 1.82) is 0 Å². The first kappa shape index (κ1) is 18.0. The summed E-state index contributed by atoms with van der Waals surface area (Å²) in [5.41, 5.74) is 0.567. The summed E-state index contributed by atoms with van der Waals surface area (Å²) in [5, 5.41) is 6.49. The van der Waals surface area contributed by atoms with E-state index < -0.39 is 6.61 Å². The van der Waals surface area contributed by atoms with Crippen molar-refractivity contribution < 1.29 is 18.3 Å². The average molecular weight is 339 g/mol. The lowest BCUT2D eigenvalue weighted by Gasteiger charge is -2.17. The Hall–Kier alpha value is -2.31. The van der Waals surface area contributed by atoms with Crippen LogP contribution in [0.3, 0.4) is 0 Å². The van der Waals surface area contributed by atoms with Gasteiger partial charge in [-0.05, 0) is 31.9 Å². The van der Waals surface area contributed by atoms with E-state index in [0.29, 0.717) is 23.3 Å². The van der Waals surface area contributed by atoms with Gasteiger partial charge >= 0.3 is 6.61 Å². The molecule has 0 unspecified atom stereocenters. The molecule has 2 rings (SSSR count). The minimum Gasteiger partial charge on any atom is -0.497 e. The molecule has 0 aromatic heterocycles. The molecule has 1 aliphatic rings. The second-order valence-electron chi connectivity index (χ2n) is 5.33. The topological polar surface area (TPSA) is 54.9 Å². The van der Waals surface area contributed by atoms with Gasteiger partial charge in [-0.1, -0.05) is 12.2 Å². The summed E-state index contributed by atoms with van der Waals surface area (Å²) in [7, 11) is 1.47. The lowest BCUT2D eigenvalue weighted by Crippen LogP contribution is -2.42. The normalized spacial score (nSPS) is 15.0. The highest BCUT2D eigenvalue weighted by Gasteiger charge is 2.13. The quantitative estimate of drug-likeness (QED) is 0.455. The van der Waals surface area contributed by atoms with Crippen molar-refractivity contribution in [3.05, 3.63) is 35.9 Å². The minimum atomic E-state index is -2.89. The summed E-state index contributed by atoms with van der Waals surface area (Å²) in [6, 6.07) is 5.14. The number of halogens is 2. The van der Waals surface area contributed by atoms with Gasteiger partial charge in [0.05, 0.1) is 13.7 Å². The number of guanidine groups is 1. The van der Waals surface area contributed by atoms with E-state index in [9.17, 15) is 8.78 Å². The van der Waals surface area contributed by atoms with Gasteiger partial charge in [-0.2, -0.15) is 8.78 Å². The summed E-state index contributed by atoms with van der Waals surface area (Å²) in [6.07, 6.45) is 6.15. The fraction of sp³-hybridized carbons (Fsp3) is 0.471. The van der Waals surface area contributed by atoms with Crippen LogP contribution in [-0.4, -0.2) is 32.3 Å². The molecule has 1 aromatic rings. The molecular weight excluding hydrogens is 316 g/mol. The Balaban J connectivity index is 2.10. The van der Waals surface area contributed by atoms with Gasteiger partial charge < -0.3 is 20.1 Å². The highest BCUT2D eigenvalue weighted by Crippen LogP contribution is 2.27. The van der Waals surface area contributed by atoms with Crippen LogP contribution in [0, 0.1) is 0 Å². The molecule has 24 heavy (non-hydrogen) atoms. The number of alkyl halides is 2. The Labute approximate surface area is 140 Å². The van der Waals surface area contributed by atoms with Crippen LogP contribution in [0.5, 0.6) is 11.5 Å². The zero-order valence-corrected chi connectivity index (χ0v) is 13.9. The van der Waals surface area contributed by atoms with E-state index in [0.717, 1.165) is 19.4 Å². The molecule has 0 saturated carbocycles. The van der Waals surface area contributed by atoms with Crippen molar-refractivity contribution in [1.82, 2.24) is 10.6 Å². The van der Waals surface area contributed by atoms with E-state index in [1.165, 1.54) is 13.2 Å². The zero-order valence-electron chi connectivity index (χ0n) is 13.9. The standard InChI is InChI=1S/C17H23F2N3O2/c1-3-20-17(22-13-6-4-5-7-13)21-11-12-8-9-14(23-2)10-15(12)24-16(18)19/h4-5,8-10,13,16H,3,6-7,11H2,1-2H3,(H2,20,21,22). The Kier molecular flexibility index (Phi) is 6.84. The molecule has 0 bridgehead atoms. The van der Waals surface area contributed by atoms with Gasteiger partial charge in [-0.3, -0.25) is 0 Å². The lowest BCUT2D eigenvalue weighted by atomic mass is 10.2. The number of rotatable bonds is 7. The first-order valence-corrected chi connectivity index (χ1v) is 7.94. The summed E-state index contributed by atoms with van der Waals surface area (Å²) in [6.45, 7) is 0.0232. The maximum atomic E-state index is 12.6. The third-order valence-electron chi connectivity index (χ3n) is 3.59. The van der Waals surface area contributed by atoms with Crippen molar-refractivity contribution in [2.75, 3.05) is 13.7 Å². The van der Waals surface area contributed by atoms with Crippen molar-refractivity contribution in [3.8, 4) is 11.5 Å². The Morgan fingerprint density at radius 3 is 2.71 bits per heavy atom. The highest BCUT2D eigenvalue weighted by molar-refractivity contribution is 5.80. The molecule has 0 spiro atoms.